The molecular formula is C15H18ClN3OS. The number of nitrogens with zero attached hydrogens (tertiary/aromatic N) is 2. The van der Waals surface area contributed by atoms with Crippen molar-refractivity contribution < 1.29 is 4.79 Å². The van der Waals surface area contributed by atoms with Crippen molar-refractivity contribution in [1.82, 2.24) is 9.88 Å². The van der Waals surface area contributed by atoms with Crippen LogP contribution in [0.4, 0.5) is 5.69 Å². The van der Waals surface area contributed by atoms with Gasteiger partial charge in [-0.15, -0.1) is 22.9 Å². The third kappa shape index (κ3) is 4.27. The molecule has 6 heteroatoms. The third-order valence-electron chi connectivity index (χ3n) is 3.07. The lowest BCUT2D eigenvalue weighted by molar-refractivity contribution is -0.117. The van der Waals surface area contributed by atoms with E-state index in [1.807, 2.05) is 48.5 Å². The van der Waals surface area contributed by atoms with Gasteiger partial charge in [0.15, 0.2) is 0 Å². The van der Waals surface area contributed by atoms with Crippen LogP contribution in [0.2, 0.25) is 0 Å². The van der Waals surface area contributed by atoms with Gasteiger partial charge in [0.2, 0.25) is 5.91 Å². The smallest absolute Gasteiger partial charge is 0.238 e. The van der Waals surface area contributed by atoms with Gasteiger partial charge in [-0.05, 0) is 25.7 Å². The first kappa shape index (κ1) is 15.9. The van der Waals surface area contributed by atoms with E-state index in [9.17, 15) is 4.79 Å². The minimum atomic E-state index is -0.0269. The fourth-order valence-corrected chi connectivity index (χ4v) is 2.90. The Kier molecular flexibility index (Phi) is 5.73. The average molecular weight is 324 g/mol. The molecule has 0 atom stereocenters. The van der Waals surface area contributed by atoms with Crippen LogP contribution < -0.4 is 5.32 Å². The van der Waals surface area contributed by atoms with Crippen LogP contribution in [0.25, 0.3) is 10.6 Å². The number of halogens is 1. The zero-order valence-electron chi connectivity index (χ0n) is 12.1. The summed E-state index contributed by atoms with van der Waals surface area (Å²) in [7, 11) is 1.92. The first-order valence-corrected chi connectivity index (χ1v) is 8.13. The minimum absolute atomic E-state index is 0.0269. The van der Waals surface area contributed by atoms with Gasteiger partial charge in [-0.3, -0.25) is 9.69 Å². The van der Waals surface area contributed by atoms with E-state index in [2.05, 4.69) is 10.3 Å². The van der Waals surface area contributed by atoms with Crippen LogP contribution >= 0.6 is 22.9 Å². The van der Waals surface area contributed by atoms with Crippen LogP contribution in [0.1, 0.15) is 12.6 Å². The van der Waals surface area contributed by atoms with Gasteiger partial charge in [-0.2, -0.15) is 0 Å². The Labute approximate surface area is 133 Å². The second-order valence-electron chi connectivity index (χ2n) is 4.70. The predicted molar refractivity (Wildman–Crippen MR) is 88.9 cm³/mol. The van der Waals surface area contributed by atoms with Gasteiger partial charge in [-0.25, -0.2) is 4.98 Å². The molecule has 2 rings (SSSR count). The molecule has 0 aliphatic rings. The highest BCUT2D eigenvalue weighted by atomic mass is 35.5. The van der Waals surface area contributed by atoms with Crippen LogP contribution in [-0.2, 0) is 10.7 Å². The summed E-state index contributed by atoms with van der Waals surface area (Å²) >= 11 is 7.32. The quantitative estimate of drug-likeness (QED) is 0.828. The number of carbonyl (C=O) groups is 1. The number of nitrogens with one attached hydrogen (secondary N) is 1. The molecule has 0 spiro atoms. The number of thiazole rings is 1. The van der Waals surface area contributed by atoms with Crippen molar-refractivity contribution in [1.29, 1.82) is 0 Å². The normalized spacial score (nSPS) is 10.9. The molecule has 0 aliphatic carbocycles. The first-order chi connectivity index (χ1) is 10.1. The van der Waals surface area contributed by atoms with Gasteiger partial charge >= 0.3 is 0 Å². The maximum Gasteiger partial charge on any atom is 0.238 e. The van der Waals surface area contributed by atoms with Crippen molar-refractivity contribution in [3.63, 3.8) is 0 Å². The number of para-hydroxylation sites is 1. The number of rotatable bonds is 6. The molecule has 0 unspecified atom stereocenters. The summed E-state index contributed by atoms with van der Waals surface area (Å²) in [6.07, 6.45) is 0. The Morgan fingerprint density at radius 3 is 2.86 bits per heavy atom. The molecular weight excluding hydrogens is 306 g/mol. The largest absolute Gasteiger partial charge is 0.324 e. The molecule has 1 aromatic heterocycles. The molecule has 0 saturated carbocycles. The molecule has 4 nitrogen and oxygen atoms in total. The number of likely N-dealkylation sites (N-methyl/N-ethyl adjacent to an activating group) is 1. The van der Waals surface area contributed by atoms with Crippen LogP contribution in [-0.4, -0.2) is 35.9 Å². The number of benzene rings is 1. The molecule has 0 fully saturated rings. The predicted octanol–water partition coefficient (Wildman–Crippen LogP) is 3.44. The Morgan fingerprint density at radius 2 is 2.19 bits per heavy atom. The monoisotopic (exact) mass is 323 g/mol. The molecule has 0 radical (unpaired) electrons. The summed E-state index contributed by atoms with van der Waals surface area (Å²) in [6, 6.07) is 7.68. The Bertz CT molecular complexity index is 614. The number of amides is 1. The van der Waals surface area contributed by atoms with Crippen LogP contribution in [0.15, 0.2) is 29.6 Å². The van der Waals surface area contributed by atoms with E-state index in [1.165, 1.54) is 11.3 Å². The lowest BCUT2D eigenvalue weighted by Gasteiger charge is -2.14. The third-order valence-corrected chi connectivity index (χ3v) is 4.27. The summed E-state index contributed by atoms with van der Waals surface area (Å²) in [6.45, 7) is 3.22. The highest BCUT2D eigenvalue weighted by molar-refractivity contribution is 7.13. The van der Waals surface area contributed by atoms with Crippen molar-refractivity contribution in [3.8, 4) is 10.6 Å². The van der Waals surface area contributed by atoms with E-state index in [4.69, 9.17) is 11.6 Å². The number of alkyl halides is 1. The molecule has 21 heavy (non-hydrogen) atoms. The fraction of sp³-hybridized carbons (Fsp3) is 0.333. The van der Waals surface area contributed by atoms with Crippen molar-refractivity contribution in [2.24, 2.45) is 0 Å². The van der Waals surface area contributed by atoms with Gasteiger partial charge in [0.05, 0.1) is 23.8 Å². The van der Waals surface area contributed by atoms with Crippen LogP contribution in [0, 0.1) is 0 Å². The Balaban J connectivity index is 2.19. The molecule has 1 aromatic carbocycles. The summed E-state index contributed by atoms with van der Waals surface area (Å²) in [4.78, 5) is 18.5. The lowest BCUT2D eigenvalue weighted by atomic mass is 10.2. The van der Waals surface area contributed by atoms with Gasteiger partial charge in [0.1, 0.15) is 5.01 Å². The maximum absolute atomic E-state index is 12.0. The van der Waals surface area contributed by atoms with Gasteiger partial charge in [0, 0.05) is 10.9 Å². The molecule has 2 aromatic rings. The van der Waals surface area contributed by atoms with Crippen LogP contribution in [0.5, 0.6) is 0 Å². The number of anilines is 1. The molecule has 0 aliphatic heterocycles. The molecule has 0 bridgehead atoms. The Hall–Kier alpha value is -1.43. The van der Waals surface area contributed by atoms with E-state index in [-0.39, 0.29) is 5.91 Å². The van der Waals surface area contributed by atoms with Crippen molar-refractivity contribution in [3.05, 3.63) is 35.3 Å². The zero-order chi connectivity index (χ0) is 15.2. The summed E-state index contributed by atoms with van der Waals surface area (Å²) in [5, 5.41) is 5.76. The maximum atomic E-state index is 12.0. The van der Waals surface area contributed by atoms with Crippen LogP contribution in [0.3, 0.4) is 0 Å². The molecule has 112 valence electrons. The first-order valence-electron chi connectivity index (χ1n) is 6.72. The summed E-state index contributed by atoms with van der Waals surface area (Å²) in [5.74, 6) is 0.368. The van der Waals surface area contributed by atoms with Crippen molar-refractivity contribution >= 4 is 34.5 Å². The molecule has 1 N–H and O–H groups in total. The molecule has 0 saturated heterocycles. The van der Waals surface area contributed by atoms with E-state index < -0.39 is 0 Å². The van der Waals surface area contributed by atoms with Gasteiger partial charge < -0.3 is 5.32 Å². The SMILES string of the molecule is CCN(C)CC(=O)Nc1ccccc1-c1nc(CCl)cs1. The van der Waals surface area contributed by atoms with Crippen molar-refractivity contribution in [2.45, 2.75) is 12.8 Å². The van der Waals surface area contributed by atoms with Gasteiger partial charge in [-0.1, -0.05) is 19.1 Å². The fourth-order valence-electron chi connectivity index (χ4n) is 1.82. The number of aromatic nitrogens is 1. The number of carbonyl (C=O) groups excluding carboxylic acids is 1. The highest BCUT2D eigenvalue weighted by Crippen LogP contribution is 2.30. The lowest BCUT2D eigenvalue weighted by Crippen LogP contribution is -2.30. The van der Waals surface area contributed by atoms with Crippen molar-refractivity contribution in [2.75, 3.05) is 25.5 Å². The number of hydrogen-bond acceptors (Lipinski definition) is 4. The van der Waals surface area contributed by atoms with E-state index in [0.29, 0.717) is 12.4 Å². The topological polar surface area (TPSA) is 45.2 Å². The molecule has 1 heterocycles. The van der Waals surface area contributed by atoms with E-state index in [0.717, 1.165) is 28.5 Å². The van der Waals surface area contributed by atoms with Gasteiger partial charge in [0.25, 0.3) is 0 Å². The standard InChI is InChI=1S/C15H18ClN3OS/c1-3-19(2)9-14(20)18-13-7-5-4-6-12(13)15-17-11(8-16)10-21-15/h4-7,10H,3,8-9H2,1-2H3,(H,18,20). The van der Waals surface area contributed by atoms with E-state index in [1.54, 1.807) is 0 Å². The summed E-state index contributed by atoms with van der Waals surface area (Å²) < 4.78 is 0. The summed E-state index contributed by atoms with van der Waals surface area (Å²) in [5.41, 5.74) is 2.55. The Morgan fingerprint density at radius 1 is 1.43 bits per heavy atom. The second-order valence-corrected chi connectivity index (χ2v) is 5.83. The zero-order valence-corrected chi connectivity index (χ0v) is 13.7. The highest BCUT2D eigenvalue weighted by Gasteiger charge is 2.12. The molecule has 1 amide bonds. The minimum Gasteiger partial charge on any atom is -0.324 e. The second kappa shape index (κ2) is 7.54. The van der Waals surface area contributed by atoms with E-state index >= 15 is 0 Å². The average Bonchev–Trinajstić information content (AvgIpc) is 2.96. The number of hydrogen-bond donors (Lipinski definition) is 1.